The number of piperazine rings is 2. The van der Waals surface area contributed by atoms with E-state index >= 15 is 0 Å². The van der Waals surface area contributed by atoms with E-state index in [9.17, 15) is 9.59 Å². The molecule has 0 spiro atoms. The lowest BCUT2D eigenvalue weighted by Crippen LogP contribution is -2.66. The molecule has 2 amide bonds. The Morgan fingerprint density at radius 2 is 1.65 bits per heavy atom. The van der Waals surface area contributed by atoms with E-state index in [4.69, 9.17) is 0 Å². The summed E-state index contributed by atoms with van der Waals surface area (Å²) in [7, 11) is 0. The van der Waals surface area contributed by atoms with Gasteiger partial charge in [0.2, 0.25) is 11.8 Å². The molecule has 2 fully saturated rings. The molecular weight excluding hydrogens is 424 g/mol. The Morgan fingerprint density at radius 1 is 0.853 bits per heavy atom. The zero-order valence-corrected chi connectivity index (χ0v) is 18.9. The van der Waals surface area contributed by atoms with Crippen molar-refractivity contribution < 1.29 is 9.59 Å². The number of pyridine rings is 1. The molecule has 3 aromatic carbocycles. The van der Waals surface area contributed by atoms with Gasteiger partial charge in [-0.2, -0.15) is 0 Å². The SMILES string of the molecule is O=C1C2CN(Cc3cnc4ccccc4c3)CCN2C(=O)CN1Cc1cccc2ccccc12. The largest absolute Gasteiger partial charge is 0.327 e. The van der Waals surface area contributed by atoms with E-state index < -0.39 is 6.04 Å². The predicted octanol–water partition coefficient (Wildman–Crippen LogP) is 3.44. The number of rotatable bonds is 4. The molecule has 0 aliphatic carbocycles. The number of amides is 2. The molecule has 34 heavy (non-hydrogen) atoms. The summed E-state index contributed by atoms with van der Waals surface area (Å²) in [5.41, 5.74) is 3.17. The second-order valence-corrected chi connectivity index (χ2v) is 9.21. The standard InChI is InChI=1S/C28H26N4O2/c33-27-19-31(17-23-9-5-8-21-6-1-3-10-24(21)23)28(34)26-18-30(12-13-32(26)27)16-20-14-22-7-2-4-11-25(22)29-15-20/h1-11,14-15,26H,12-13,16-19H2. The number of hydrogen-bond acceptors (Lipinski definition) is 4. The molecule has 4 aromatic rings. The second-order valence-electron chi connectivity index (χ2n) is 9.21. The first-order chi connectivity index (χ1) is 16.7. The lowest BCUT2D eigenvalue weighted by molar-refractivity contribution is -0.160. The van der Waals surface area contributed by atoms with Gasteiger partial charge in [0.25, 0.3) is 0 Å². The third-order valence-electron chi connectivity index (χ3n) is 7.00. The Bertz CT molecular complexity index is 1400. The monoisotopic (exact) mass is 450 g/mol. The third-order valence-corrected chi connectivity index (χ3v) is 7.00. The highest BCUT2D eigenvalue weighted by molar-refractivity contribution is 5.95. The van der Waals surface area contributed by atoms with Crippen LogP contribution in [0.1, 0.15) is 11.1 Å². The van der Waals surface area contributed by atoms with Crippen LogP contribution < -0.4 is 0 Å². The van der Waals surface area contributed by atoms with Gasteiger partial charge < -0.3 is 9.80 Å². The van der Waals surface area contributed by atoms with Crippen molar-refractivity contribution in [3.05, 3.63) is 90.1 Å². The van der Waals surface area contributed by atoms with Gasteiger partial charge in [0.1, 0.15) is 12.6 Å². The highest BCUT2D eigenvalue weighted by Crippen LogP contribution is 2.25. The van der Waals surface area contributed by atoms with E-state index in [1.54, 1.807) is 9.80 Å². The highest BCUT2D eigenvalue weighted by Gasteiger charge is 2.42. The molecule has 0 N–H and O–H groups in total. The highest BCUT2D eigenvalue weighted by atomic mass is 16.2. The zero-order chi connectivity index (χ0) is 23.1. The van der Waals surface area contributed by atoms with Crippen molar-refractivity contribution in [3.8, 4) is 0 Å². The maximum Gasteiger partial charge on any atom is 0.247 e. The Labute approximate surface area is 198 Å². The summed E-state index contributed by atoms with van der Waals surface area (Å²) in [5.74, 6) is 0.0747. The van der Waals surface area contributed by atoms with Crippen LogP contribution in [0, 0.1) is 0 Å². The minimum atomic E-state index is -0.432. The molecule has 3 heterocycles. The van der Waals surface area contributed by atoms with Crippen LogP contribution in [0.2, 0.25) is 0 Å². The molecule has 0 bridgehead atoms. The van der Waals surface area contributed by atoms with Gasteiger partial charge in [0.15, 0.2) is 0 Å². The Kier molecular flexibility index (Phi) is 5.23. The van der Waals surface area contributed by atoms with Crippen molar-refractivity contribution in [3.63, 3.8) is 0 Å². The van der Waals surface area contributed by atoms with Gasteiger partial charge >= 0.3 is 0 Å². The van der Waals surface area contributed by atoms with E-state index in [0.29, 0.717) is 26.2 Å². The van der Waals surface area contributed by atoms with Gasteiger partial charge in [-0.3, -0.25) is 19.5 Å². The summed E-state index contributed by atoms with van der Waals surface area (Å²) < 4.78 is 0. The molecular formula is C28H26N4O2. The molecule has 2 saturated heterocycles. The number of hydrogen-bond donors (Lipinski definition) is 0. The topological polar surface area (TPSA) is 56.8 Å². The molecule has 2 aliphatic rings. The van der Waals surface area contributed by atoms with E-state index in [-0.39, 0.29) is 18.4 Å². The van der Waals surface area contributed by atoms with E-state index in [1.165, 1.54) is 0 Å². The van der Waals surface area contributed by atoms with E-state index in [0.717, 1.165) is 39.3 Å². The maximum atomic E-state index is 13.5. The molecule has 0 saturated carbocycles. The molecule has 6 heteroatoms. The van der Waals surface area contributed by atoms with Crippen LogP contribution in [0.4, 0.5) is 0 Å². The average Bonchev–Trinajstić information content (AvgIpc) is 2.87. The van der Waals surface area contributed by atoms with Crippen LogP contribution in [0.5, 0.6) is 0 Å². The first-order valence-corrected chi connectivity index (χ1v) is 11.8. The number of fused-ring (bicyclic) bond motifs is 3. The summed E-state index contributed by atoms with van der Waals surface area (Å²) in [6, 6.07) is 24.1. The average molecular weight is 451 g/mol. The number of nitrogens with zero attached hydrogens (tertiary/aromatic N) is 4. The van der Waals surface area contributed by atoms with E-state index in [2.05, 4.69) is 40.2 Å². The van der Waals surface area contributed by atoms with Crippen molar-refractivity contribution in [2.45, 2.75) is 19.1 Å². The summed E-state index contributed by atoms with van der Waals surface area (Å²) >= 11 is 0. The fourth-order valence-corrected chi connectivity index (χ4v) is 5.27. The molecule has 1 atom stereocenters. The number of benzene rings is 3. The summed E-state index contributed by atoms with van der Waals surface area (Å²) in [5, 5.41) is 3.39. The van der Waals surface area contributed by atoms with Gasteiger partial charge in [-0.15, -0.1) is 0 Å². The smallest absolute Gasteiger partial charge is 0.247 e. The van der Waals surface area contributed by atoms with Crippen molar-refractivity contribution in [1.29, 1.82) is 0 Å². The third kappa shape index (κ3) is 3.80. The number of carbonyl (C=O) groups is 2. The molecule has 1 unspecified atom stereocenters. The Balaban J connectivity index is 1.20. The predicted molar refractivity (Wildman–Crippen MR) is 132 cm³/mol. The first kappa shape index (κ1) is 20.8. The molecule has 2 aliphatic heterocycles. The quantitative estimate of drug-likeness (QED) is 0.478. The van der Waals surface area contributed by atoms with Crippen LogP contribution >= 0.6 is 0 Å². The molecule has 0 radical (unpaired) electrons. The second kappa shape index (κ2) is 8.54. The normalized spacial score (nSPS) is 19.1. The summed E-state index contributed by atoms with van der Waals surface area (Å²) in [6.07, 6.45) is 1.91. The van der Waals surface area contributed by atoms with Gasteiger partial charge in [-0.1, -0.05) is 60.7 Å². The van der Waals surface area contributed by atoms with E-state index in [1.807, 2.05) is 48.7 Å². The van der Waals surface area contributed by atoms with Crippen LogP contribution in [0.25, 0.3) is 21.7 Å². The molecule has 1 aromatic heterocycles. The molecule has 6 rings (SSSR count). The lowest BCUT2D eigenvalue weighted by Gasteiger charge is -2.46. The fraction of sp³-hybridized carbons (Fsp3) is 0.250. The zero-order valence-electron chi connectivity index (χ0n) is 18.9. The maximum absolute atomic E-state index is 13.5. The van der Waals surface area contributed by atoms with Crippen molar-refractivity contribution in [1.82, 2.24) is 19.7 Å². The van der Waals surface area contributed by atoms with Crippen molar-refractivity contribution in [2.24, 2.45) is 0 Å². The first-order valence-electron chi connectivity index (χ1n) is 11.8. The molecule has 170 valence electrons. The number of aromatic nitrogens is 1. The fourth-order valence-electron chi connectivity index (χ4n) is 5.27. The Hall–Kier alpha value is -3.77. The van der Waals surface area contributed by atoms with Gasteiger partial charge in [0, 0.05) is 44.3 Å². The van der Waals surface area contributed by atoms with Crippen LogP contribution in [0.3, 0.4) is 0 Å². The number of carbonyl (C=O) groups excluding carboxylic acids is 2. The number of para-hydroxylation sites is 1. The van der Waals surface area contributed by atoms with Crippen molar-refractivity contribution >= 4 is 33.5 Å². The Morgan fingerprint density at radius 3 is 2.56 bits per heavy atom. The van der Waals surface area contributed by atoms with Crippen LogP contribution in [0.15, 0.2) is 79.0 Å². The summed E-state index contributed by atoms with van der Waals surface area (Å²) in [6.45, 7) is 3.19. The lowest BCUT2D eigenvalue weighted by atomic mass is 10.0. The minimum absolute atomic E-state index is 0.0360. The van der Waals surface area contributed by atoms with Crippen molar-refractivity contribution in [2.75, 3.05) is 26.2 Å². The van der Waals surface area contributed by atoms with Gasteiger partial charge in [0.05, 0.1) is 5.52 Å². The summed E-state index contributed by atoms with van der Waals surface area (Å²) in [4.78, 5) is 36.8. The van der Waals surface area contributed by atoms with Crippen LogP contribution in [-0.4, -0.2) is 63.7 Å². The van der Waals surface area contributed by atoms with Crippen LogP contribution in [-0.2, 0) is 22.7 Å². The molecule has 6 nitrogen and oxygen atoms in total. The van der Waals surface area contributed by atoms with Gasteiger partial charge in [-0.25, -0.2) is 0 Å². The van der Waals surface area contributed by atoms with Gasteiger partial charge in [-0.05, 0) is 34.0 Å². The minimum Gasteiger partial charge on any atom is -0.327 e.